The second-order valence-corrected chi connectivity index (χ2v) is 4.77. The lowest BCUT2D eigenvalue weighted by Crippen LogP contribution is -2.24. The number of benzene rings is 1. The first kappa shape index (κ1) is 14.2. The molecule has 0 saturated carbocycles. The van der Waals surface area contributed by atoms with Crippen molar-refractivity contribution in [3.8, 4) is 0 Å². The van der Waals surface area contributed by atoms with E-state index < -0.39 is 0 Å². The minimum Gasteiger partial charge on any atom is -0.308 e. The van der Waals surface area contributed by atoms with E-state index in [4.69, 9.17) is 0 Å². The molecule has 0 aliphatic carbocycles. The molecule has 0 spiro atoms. The van der Waals surface area contributed by atoms with Gasteiger partial charge in [-0.3, -0.25) is 14.8 Å². The van der Waals surface area contributed by atoms with E-state index in [1.807, 2.05) is 37.0 Å². The maximum Gasteiger partial charge on any atom is 0.274 e. The molecule has 1 heterocycles. The summed E-state index contributed by atoms with van der Waals surface area (Å²) in [4.78, 5) is 10.6. The third-order valence-electron chi connectivity index (χ3n) is 3.15. The minimum absolute atomic E-state index is 0.0757. The van der Waals surface area contributed by atoms with E-state index in [2.05, 4.69) is 10.4 Å². The molecule has 0 fully saturated rings. The van der Waals surface area contributed by atoms with Crippen LogP contribution >= 0.6 is 0 Å². The summed E-state index contributed by atoms with van der Waals surface area (Å²) in [6.07, 6.45) is 3.78. The maximum absolute atomic E-state index is 11.0. The van der Waals surface area contributed by atoms with Crippen LogP contribution in [0.3, 0.4) is 0 Å². The Labute approximate surface area is 117 Å². The highest BCUT2D eigenvalue weighted by Crippen LogP contribution is 2.24. The molecule has 1 N–H and O–H groups in total. The number of nitrogens with zero attached hydrogens (tertiary/aromatic N) is 3. The van der Waals surface area contributed by atoms with Crippen molar-refractivity contribution >= 4 is 5.69 Å². The molecule has 1 unspecified atom stereocenters. The fraction of sp³-hybridized carbons (Fsp3) is 0.357. The number of nitro groups is 1. The van der Waals surface area contributed by atoms with Crippen LogP contribution in [-0.4, -0.2) is 21.2 Å². The molecule has 2 rings (SSSR count). The first-order valence-electron chi connectivity index (χ1n) is 6.53. The smallest absolute Gasteiger partial charge is 0.274 e. The van der Waals surface area contributed by atoms with E-state index >= 15 is 0 Å². The van der Waals surface area contributed by atoms with Crippen LogP contribution in [0, 0.1) is 17.0 Å². The van der Waals surface area contributed by atoms with Crippen LogP contribution in [0.25, 0.3) is 0 Å². The SMILES string of the molecule is Cc1cnn(CCNC(C)c2ccccc2[N+](=O)[O-])c1. The van der Waals surface area contributed by atoms with Crippen molar-refractivity contribution in [2.75, 3.05) is 6.54 Å². The highest BCUT2D eigenvalue weighted by molar-refractivity contribution is 5.41. The van der Waals surface area contributed by atoms with Gasteiger partial charge >= 0.3 is 0 Å². The first-order chi connectivity index (χ1) is 9.58. The van der Waals surface area contributed by atoms with Gasteiger partial charge in [0.1, 0.15) is 0 Å². The number of para-hydroxylation sites is 1. The van der Waals surface area contributed by atoms with Gasteiger partial charge < -0.3 is 5.32 Å². The highest BCUT2D eigenvalue weighted by Gasteiger charge is 2.17. The Morgan fingerprint density at radius 2 is 2.20 bits per heavy atom. The lowest BCUT2D eigenvalue weighted by Gasteiger charge is -2.14. The predicted octanol–water partition coefficient (Wildman–Crippen LogP) is 2.45. The van der Waals surface area contributed by atoms with E-state index in [-0.39, 0.29) is 16.7 Å². The average Bonchev–Trinajstić information content (AvgIpc) is 2.84. The molecule has 0 aliphatic rings. The van der Waals surface area contributed by atoms with Crippen molar-refractivity contribution < 1.29 is 4.92 Å². The molecule has 106 valence electrons. The van der Waals surface area contributed by atoms with E-state index in [0.717, 1.165) is 12.1 Å². The Morgan fingerprint density at radius 1 is 1.45 bits per heavy atom. The van der Waals surface area contributed by atoms with Crippen LogP contribution in [0.5, 0.6) is 0 Å². The second-order valence-electron chi connectivity index (χ2n) is 4.77. The van der Waals surface area contributed by atoms with E-state index in [1.165, 1.54) is 6.07 Å². The van der Waals surface area contributed by atoms with E-state index in [9.17, 15) is 10.1 Å². The van der Waals surface area contributed by atoms with Crippen LogP contribution in [0.4, 0.5) is 5.69 Å². The number of hydrogen-bond donors (Lipinski definition) is 1. The van der Waals surface area contributed by atoms with Gasteiger partial charge in [0.25, 0.3) is 5.69 Å². The number of nitro benzene ring substituents is 1. The summed E-state index contributed by atoms with van der Waals surface area (Å²) in [5.74, 6) is 0. The summed E-state index contributed by atoms with van der Waals surface area (Å²) >= 11 is 0. The van der Waals surface area contributed by atoms with Gasteiger partial charge in [0.2, 0.25) is 0 Å². The third kappa shape index (κ3) is 3.42. The van der Waals surface area contributed by atoms with Crippen molar-refractivity contribution in [1.29, 1.82) is 0 Å². The van der Waals surface area contributed by atoms with Crippen molar-refractivity contribution in [2.24, 2.45) is 0 Å². The monoisotopic (exact) mass is 274 g/mol. The van der Waals surface area contributed by atoms with Gasteiger partial charge in [-0.1, -0.05) is 18.2 Å². The predicted molar refractivity (Wildman–Crippen MR) is 76.5 cm³/mol. The lowest BCUT2D eigenvalue weighted by atomic mass is 10.1. The summed E-state index contributed by atoms with van der Waals surface area (Å²) in [7, 11) is 0. The standard InChI is InChI=1S/C14H18N4O2/c1-11-9-16-17(10-11)8-7-15-12(2)13-5-3-4-6-14(13)18(19)20/h3-6,9-10,12,15H,7-8H2,1-2H3. The second kappa shape index (κ2) is 6.29. The Balaban J connectivity index is 1.95. The number of aromatic nitrogens is 2. The summed E-state index contributed by atoms with van der Waals surface area (Å²) in [6.45, 7) is 5.36. The molecular weight excluding hydrogens is 256 g/mol. The molecule has 6 nitrogen and oxygen atoms in total. The van der Waals surface area contributed by atoms with Gasteiger partial charge in [0.05, 0.1) is 17.7 Å². The highest BCUT2D eigenvalue weighted by atomic mass is 16.6. The molecule has 1 aromatic heterocycles. The molecule has 0 amide bonds. The van der Waals surface area contributed by atoms with Gasteiger partial charge in [0.15, 0.2) is 0 Å². The lowest BCUT2D eigenvalue weighted by molar-refractivity contribution is -0.385. The minimum atomic E-state index is -0.343. The summed E-state index contributed by atoms with van der Waals surface area (Å²) < 4.78 is 1.86. The molecule has 0 saturated heterocycles. The Kier molecular flexibility index (Phi) is 4.47. The molecule has 2 aromatic rings. The fourth-order valence-corrected chi connectivity index (χ4v) is 2.11. The number of rotatable bonds is 6. The molecular formula is C14H18N4O2. The third-order valence-corrected chi connectivity index (χ3v) is 3.15. The normalized spacial score (nSPS) is 12.3. The molecule has 0 bridgehead atoms. The molecule has 6 heteroatoms. The van der Waals surface area contributed by atoms with Gasteiger partial charge in [0, 0.05) is 30.4 Å². The van der Waals surface area contributed by atoms with Crippen LogP contribution in [-0.2, 0) is 6.54 Å². The quantitative estimate of drug-likeness (QED) is 0.648. The van der Waals surface area contributed by atoms with Crippen LogP contribution in [0.2, 0.25) is 0 Å². The molecule has 1 atom stereocenters. The molecule has 0 aliphatic heterocycles. The largest absolute Gasteiger partial charge is 0.308 e. The van der Waals surface area contributed by atoms with Crippen LogP contribution in [0.1, 0.15) is 24.1 Å². The van der Waals surface area contributed by atoms with Crippen LogP contribution < -0.4 is 5.32 Å². The van der Waals surface area contributed by atoms with E-state index in [0.29, 0.717) is 12.1 Å². The number of hydrogen-bond acceptors (Lipinski definition) is 4. The zero-order chi connectivity index (χ0) is 14.5. The van der Waals surface area contributed by atoms with Crippen LogP contribution in [0.15, 0.2) is 36.7 Å². The topological polar surface area (TPSA) is 73.0 Å². The zero-order valence-corrected chi connectivity index (χ0v) is 11.6. The molecule has 1 aromatic carbocycles. The average molecular weight is 274 g/mol. The Morgan fingerprint density at radius 3 is 2.85 bits per heavy atom. The first-order valence-corrected chi connectivity index (χ1v) is 6.53. The summed E-state index contributed by atoms with van der Waals surface area (Å²) in [5, 5.41) is 18.5. The molecule has 20 heavy (non-hydrogen) atoms. The zero-order valence-electron chi connectivity index (χ0n) is 11.6. The van der Waals surface area contributed by atoms with Crippen molar-refractivity contribution in [3.63, 3.8) is 0 Å². The Hall–Kier alpha value is -2.21. The Bertz CT molecular complexity index is 594. The molecule has 0 radical (unpaired) electrons. The van der Waals surface area contributed by atoms with Gasteiger partial charge in [-0.05, 0) is 19.4 Å². The fourth-order valence-electron chi connectivity index (χ4n) is 2.11. The van der Waals surface area contributed by atoms with Crippen molar-refractivity contribution in [3.05, 3.63) is 57.9 Å². The number of nitrogens with one attached hydrogen (secondary N) is 1. The van der Waals surface area contributed by atoms with Gasteiger partial charge in [-0.2, -0.15) is 5.10 Å². The number of aryl methyl sites for hydroxylation is 1. The van der Waals surface area contributed by atoms with Crippen molar-refractivity contribution in [1.82, 2.24) is 15.1 Å². The summed E-state index contributed by atoms with van der Waals surface area (Å²) in [6, 6.07) is 6.74. The van der Waals surface area contributed by atoms with Crippen molar-refractivity contribution in [2.45, 2.75) is 26.4 Å². The maximum atomic E-state index is 11.0. The van der Waals surface area contributed by atoms with Gasteiger partial charge in [-0.15, -0.1) is 0 Å². The van der Waals surface area contributed by atoms with E-state index in [1.54, 1.807) is 12.1 Å². The summed E-state index contributed by atoms with van der Waals surface area (Å²) in [5.41, 5.74) is 1.98. The van der Waals surface area contributed by atoms with Gasteiger partial charge in [-0.25, -0.2) is 0 Å².